The molecule has 2 aliphatic rings. The van der Waals surface area contributed by atoms with Gasteiger partial charge in [0.2, 0.25) is 5.91 Å². The standard InChI is InChI=1S/C15H29N3O/c1-4-12-7-8-18(9-12)10-15(14(16)19,13-5-6-13)17-11(2)3/h11-13,17H,4-10H2,1-3H3,(H2,16,19). The summed E-state index contributed by atoms with van der Waals surface area (Å²) in [4.78, 5) is 14.5. The highest BCUT2D eigenvalue weighted by atomic mass is 16.1. The third-order valence-corrected chi connectivity index (χ3v) is 4.68. The van der Waals surface area contributed by atoms with Gasteiger partial charge in [-0.3, -0.25) is 10.1 Å². The maximum Gasteiger partial charge on any atom is 0.239 e. The lowest BCUT2D eigenvalue weighted by molar-refractivity contribution is -0.126. The largest absolute Gasteiger partial charge is 0.368 e. The number of nitrogens with two attached hydrogens (primary N) is 1. The van der Waals surface area contributed by atoms with Crippen molar-refractivity contribution in [2.75, 3.05) is 19.6 Å². The van der Waals surface area contributed by atoms with E-state index in [1.807, 2.05) is 0 Å². The zero-order valence-corrected chi connectivity index (χ0v) is 12.6. The van der Waals surface area contributed by atoms with Crippen molar-refractivity contribution < 1.29 is 4.79 Å². The van der Waals surface area contributed by atoms with Gasteiger partial charge in [0.25, 0.3) is 0 Å². The molecule has 1 heterocycles. The van der Waals surface area contributed by atoms with Crippen LogP contribution in [0.1, 0.15) is 46.5 Å². The minimum Gasteiger partial charge on any atom is -0.368 e. The van der Waals surface area contributed by atoms with Crippen molar-refractivity contribution in [1.82, 2.24) is 10.2 Å². The highest BCUT2D eigenvalue weighted by Crippen LogP contribution is 2.41. The molecule has 2 unspecified atom stereocenters. The van der Waals surface area contributed by atoms with Crippen molar-refractivity contribution in [3.63, 3.8) is 0 Å². The average Bonchev–Trinajstić information content (AvgIpc) is 3.09. The fourth-order valence-electron chi connectivity index (χ4n) is 3.48. The third-order valence-electron chi connectivity index (χ3n) is 4.68. The van der Waals surface area contributed by atoms with Gasteiger partial charge in [0.05, 0.1) is 0 Å². The summed E-state index contributed by atoms with van der Waals surface area (Å²) in [6.07, 6.45) is 4.76. The van der Waals surface area contributed by atoms with Crippen LogP contribution < -0.4 is 11.1 Å². The van der Waals surface area contributed by atoms with Crippen LogP contribution in [0.4, 0.5) is 0 Å². The second-order valence-electron chi connectivity index (χ2n) is 6.71. The average molecular weight is 267 g/mol. The first kappa shape index (κ1) is 14.8. The minimum atomic E-state index is -0.503. The molecule has 4 heteroatoms. The Kier molecular flexibility index (Phi) is 4.51. The zero-order valence-electron chi connectivity index (χ0n) is 12.6. The number of nitrogens with zero attached hydrogens (tertiary/aromatic N) is 1. The molecule has 1 saturated heterocycles. The minimum absolute atomic E-state index is 0.163. The number of carbonyl (C=O) groups is 1. The number of hydrogen-bond acceptors (Lipinski definition) is 3. The molecule has 0 aromatic carbocycles. The van der Waals surface area contributed by atoms with E-state index in [4.69, 9.17) is 5.73 Å². The van der Waals surface area contributed by atoms with E-state index in [2.05, 4.69) is 31.0 Å². The molecule has 1 aliphatic heterocycles. The molecular weight excluding hydrogens is 238 g/mol. The van der Waals surface area contributed by atoms with E-state index in [0.717, 1.165) is 38.4 Å². The molecule has 1 amide bonds. The van der Waals surface area contributed by atoms with E-state index in [-0.39, 0.29) is 11.9 Å². The van der Waals surface area contributed by atoms with Gasteiger partial charge in [-0.15, -0.1) is 0 Å². The highest BCUT2D eigenvalue weighted by Gasteiger charge is 2.51. The Morgan fingerprint density at radius 2 is 2.11 bits per heavy atom. The monoisotopic (exact) mass is 267 g/mol. The molecular formula is C15H29N3O. The van der Waals surface area contributed by atoms with Gasteiger partial charge >= 0.3 is 0 Å². The Balaban J connectivity index is 2.07. The smallest absolute Gasteiger partial charge is 0.239 e. The van der Waals surface area contributed by atoms with E-state index < -0.39 is 5.54 Å². The summed E-state index contributed by atoms with van der Waals surface area (Å²) in [6, 6.07) is 0.290. The van der Waals surface area contributed by atoms with Crippen molar-refractivity contribution in [3.8, 4) is 0 Å². The number of nitrogens with one attached hydrogen (secondary N) is 1. The van der Waals surface area contributed by atoms with Crippen LogP contribution in [-0.4, -0.2) is 42.0 Å². The molecule has 2 atom stereocenters. The second-order valence-corrected chi connectivity index (χ2v) is 6.71. The molecule has 0 spiro atoms. The quantitative estimate of drug-likeness (QED) is 0.732. The highest BCUT2D eigenvalue weighted by molar-refractivity contribution is 5.86. The Bertz CT molecular complexity index is 327. The van der Waals surface area contributed by atoms with Gasteiger partial charge in [0.15, 0.2) is 0 Å². The lowest BCUT2D eigenvalue weighted by Crippen LogP contribution is -2.64. The second kappa shape index (κ2) is 5.80. The van der Waals surface area contributed by atoms with Gasteiger partial charge in [-0.1, -0.05) is 13.3 Å². The Morgan fingerprint density at radius 3 is 2.53 bits per heavy atom. The Morgan fingerprint density at radius 1 is 1.42 bits per heavy atom. The lowest BCUT2D eigenvalue weighted by Gasteiger charge is -2.37. The summed E-state index contributed by atoms with van der Waals surface area (Å²) < 4.78 is 0. The summed E-state index contributed by atoms with van der Waals surface area (Å²) in [7, 11) is 0. The zero-order chi connectivity index (χ0) is 14.0. The molecule has 4 nitrogen and oxygen atoms in total. The van der Waals surface area contributed by atoms with Crippen LogP contribution >= 0.6 is 0 Å². The van der Waals surface area contributed by atoms with Crippen molar-refractivity contribution in [2.45, 2.75) is 58.0 Å². The molecule has 110 valence electrons. The van der Waals surface area contributed by atoms with E-state index in [9.17, 15) is 4.79 Å². The molecule has 1 saturated carbocycles. The first-order chi connectivity index (χ1) is 8.98. The first-order valence-corrected chi connectivity index (χ1v) is 7.78. The van der Waals surface area contributed by atoms with E-state index in [0.29, 0.717) is 5.92 Å². The fourth-order valence-corrected chi connectivity index (χ4v) is 3.48. The number of likely N-dealkylation sites (tertiary alicyclic amines) is 1. The third kappa shape index (κ3) is 3.29. The van der Waals surface area contributed by atoms with Gasteiger partial charge in [0.1, 0.15) is 5.54 Å². The van der Waals surface area contributed by atoms with Gasteiger partial charge in [-0.25, -0.2) is 0 Å². The summed E-state index contributed by atoms with van der Waals surface area (Å²) in [6.45, 7) is 9.47. The molecule has 0 bridgehead atoms. The first-order valence-electron chi connectivity index (χ1n) is 7.78. The predicted octanol–water partition coefficient (Wildman–Crippen LogP) is 1.35. The predicted molar refractivity (Wildman–Crippen MR) is 77.8 cm³/mol. The topological polar surface area (TPSA) is 58.4 Å². The molecule has 0 aromatic heterocycles. The summed E-state index contributed by atoms with van der Waals surface area (Å²) in [5, 5.41) is 3.50. The number of amides is 1. The molecule has 1 aliphatic carbocycles. The number of hydrogen-bond donors (Lipinski definition) is 2. The summed E-state index contributed by atoms with van der Waals surface area (Å²) >= 11 is 0. The van der Waals surface area contributed by atoms with Crippen LogP contribution in [-0.2, 0) is 4.79 Å². The Hall–Kier alpha value is -0.610. The van der Waals surface area contributed by atoms with Crippen LogP contribution in [0.3, 0.4) is 0 Å². The fraction of sp³-hybridized carbons (Fsp3) is 0.933. The van der Waals surface area contributed by atoms with Crippen LogP contribution in [0.5, 0.6) is 0 Å². The van der Waals surface area contributed by atoms with Crippen LogP contribution in [0, 0.1) is 11.8 Å². The maximum atomic E-state index is 12.1. The van der Waals surface area contributed by atoms with Crippen LogP contribution in [0.15, 0.2) is 0 Å². The van der Waals surface area contributed by atoms with E-state index >= 15 is 0 Å². The normalized spacial score (nSPS) is 27.7. The number of primary amides is 1. The molecule has 3 N–H and O–H groups in total. The SMILES string of the molecule is CCC1CCN(CC(NC(C)C)(C(N)=O)C2CC2)C1. The van der Waals surface area contributed by atoms with Crippen molar-refractivity contribution in [3.05, 3.63) is 0 Å². The molecule has 19 heavy (non-hydrogen) atoms. The lowest BCUT2D eigenvalue weighted by atomic mass is 9.90. The number of rotatable bonds is 7. The van der Waals surface area contributed by atoms with E-state index in [1.54, 1.807) is 0 Å². The maximum absolute atomic E-state index is 12.1. The van der Waals surface area contributed by atoms with Gasteiger partial charge in [-0.05, 0) is 51.5 Å². The van der Waals surface area contributed by atoms with Gasteiger partial charge in [-0.2, -0.15) is 0 Å². The summed E-state index contributed by atoms with van der Waals surface area (Å²) in [5.74, 6) is 1.07. The van der Waals surface area contributed by atoms with E-state index in [1.165, 1.54) is 12.8 Å². The van der Waals surface area contributed by atoms with Crippen molar-refractivity contribution in [2.24, 2.45) is 17.6 Å². The molecule has 0 aromatic rings. The molecule has 2 rings (SSSR count). The van der Waals surface area contributed by atoms with Gasteiger partial charge < -0.3 is 10.6 Å². The molecule has 0 radical (unpaired) electrons. The van der Waals surface area contributed by atoms with Crippen LogP contribution in [0.2, 0.25) is 0 Å². The van der Waals surface area contributed by atoms with Gasteiger partial charge in [0, 0.05) is 19.1 Å². The van der Waals surface area contributed by atoms with Crippen LogP contribution in [0.25, 0.3) is 0 Å². The molecule has 2 fully saturated rings. The Labute approximate surface area is 117 Å². The van der Waals surface area contributed by atoms with Crippen molar-refractivity contribution >= 4 is 5.91 Å². The number of carbonyl (C=O) groups excluding carboxylic acids is 1. The summed E-state index contributed by atoms with van der Waals surface area (Å²) in [5.41, 5.74) is 5.27. The van der Waals surface area contributed by atoms with Crippen molar-refractivity contribution in [1.29, 1.82) is 0 Å².